The molecule has 2 rings (SSSR count). The molecule has 1 N–H and O–H groups in total. The molecule has 108 valence electrons. The quantitative estimate of drug-likeness (QED) is 0.836. The van der Waals surface area contributed by atoms with Gasteiger partial charge in [0.05, 0.1) is 12.2 Å². The largest absolute Gasteiger partial charge is 0.463 e. The topological polar surface area (TPSA) is 38.3 Å². The molecular formula is C17H23NO2. The molecule has 1 aromatic carbocycles. The molecule has 1 aliphatic carbocycles. The van der Waals surface area contributed by atoms with Crippen molar-refractivity contribution in [1.82, 2.24) is 5.32 Å². The van der Waals surface area contributed by atoms with E-state index in [-0.39, 0.29) is 18.1 Å². The third-order valence-electron chi connectivity index (χ3n) is 3.70. The van der Waals surface area contributed by atoms with Crippen molar-refractivity contribution in [3.05, 3.63) is 47.5 Å². The summed E-state index contributed by atoms with van der Waals surface area (Å²) in [6.45, 7) is 4.40. The first-order valence-electron chi connectivity index (χ1n) is 7.40. The third kappa shape index (κ3) is 3.70. The average molecular weight is 273 g/mol. The molecule has 0 saturated heterocycles. The Morgan fingerprint density at radius 2 is 2.15 bits per heavy atom. The Morgan fingerprint density at radius 3 is 2.85 bits per heavy atom. The van der Waals surface area contributed by atoms with Crippen LogP contribution in [0.1, 0.15) is 44.7 Å². The lowest BCUT2D eigenvalue weighted by Crippen LogP contribution is -2.37. The van der Waals surface area contributed by atoms with E-state index in [1.165, 1.54) is 5.56 Å². The fraction of sp³-hybridized carbons (Fsp3) is 0.471. The molecule has 1 aliphatic rings. The Morgan fingerprint density at radius 1 is 1.40 bits per heavy atom. The molecule has 0 aromatic heterocycles. The van der Waals surface area contributed by atoms with Gasteiger partial charge in [-0.3, -0.25) is 0 Å². The van der Waals surface area contributed by atoms with E-state index < -0.39 is 0 Å². The maximum atomic E-state index is 12.0. The number of allylic oxidation sites excluding steroid dienone is 1. The van der Waals surface area contributed by atoms with Crippen molar-refractivity contribution < 1.29 is 9.53 Å². The Hall–Kier alpha value is -1.61. The lowest BCUT2D eigenvalue weighted by molar-refractivity contribution is -0.139. The molecule has 0 aliphatic heterocycles. The minimum absolute atomic E-state index is 0.0954. The van der Waals surface area contributed by atoms with E-state index >= 15 is 0 Å². The van der Waals surface area contributed by atoms with Gasteiger partial charge in [0.2, 0.25) is 0 Å². The van der Waals surface area contributed by atoms with Crippen molar-refractivity contribution in [2.45, 2.75) is 45.2 Å². The Bertz CT molecular complexity index is 467. The van der Waals surface area contributed by atoms with Gasteiger partial charge in [0, 0.05) is 12.1 Å². The van der Waals surface area contributed by atoms with E-state index in [1.54, 1.807) is 0 Å². The molecule has 2 atom stereocenters. The standard InChI is InChI=1S/C17H23NO2/c1-3-20-17(19)15-11-7-8-12-16(15)18-13(2)14-9-5-4-6-10-14/h4-6,9-11,13,16,18H,3,7-8,12H2,1-2H3/t13-,16+/m1/s1. The van der Waals surface area contributed by atoms with E-state index in [2.05, 4.69) is 24.4 Å². The summed E-state index contributed by atoms with van der Waals surface area (Å²) in [7, 11) is 0. The highest BCUT2D eigenvalue weighted by atomic mass is 16.5. The van der Waals surface area contributed by atoms with Crippen LogP contribution in [0.25, 0.3) is 0 Å². The number of carbonyl (C=O) groups is 1. The van der Waals surface area contributed by atoms with Crippen LogP contribution in [0.15, 0.2) is 42.0 Å². The Labute approximate surface area is 121 Å². The van der Waals surface area contributed by atoms with E-state index in [0.717, 1.165) is 24.8 Å². The maximum absolute atomic E-state index is 12.0. The van der Waals surface area contributed by atoms with Gasteiger partial charge in [0.15, 0.2) is 0 Å². The average Bonchev–Trinajstić information content (AvgIpc) is 2.49. The molecule has 0 amide bonds. The van der Waals surface area contributed by atoms with Crippen molar-refractivity contribution in [3.8, 4) is 0 Å². The fourth-order valence-corrected chi connectivity index (χ4v) is 2.63. The molecule has 0 heterocycles. The third-order valence-corrected chi connectivity index (χ3v) is 3.70. The molecule has 0 fully saturated rings. The fourth-order valence-electron chi connectivity index (χ4n) is 2.63. The molecule has 3 nitrogen and oxygen atoms in total. The second-order valence-corrected chi connectivity index (χ2v) is 5.16. The van der Waals surface area contributed by atoms with E-state index in [4.69, 9.17) is 4.74 Å². The summed E-state index contributed by atoms with van der Waals surface area (Å²) < 4.78 is 5.15. The molecule has 20 heavy (non-hydrogen) atoms. The van der Waals surface area contributed by atoms with Crippen LogP contribution in [0.5, 0.6) is 0 Å². The normalized spacial score (nSPS) is 20.1. The highest BCUT2D eigenvalue weighted by Crippen LogP contribution is 2.23. The lowest BCUT2D eigenvalue weighted by Gasteiger charge is -2.27. The number of esters is 1. The zero-order valence-corrected chi connectivity index (χ0v) is 12.3. The first kappa shape index (κ1) is 14.8. The molecule has 0 saturated carbocycles. The smallest absolute Gasteiger partial charge is 0.335 e. The van der Waals surface area contributed by atoms with E-state index in [0.29, 0.717) is 6.61 Å². The van der Waals surface area contributed by atoms with Gasteiger partial charge in [-0.2, -0.15) is 0 Å². The Kier molecular flexibility index (Phi) is 5.36. The number of nitrogens with one attached hydrogen (secondary N) is 1. The van der Waals surface area contributed by atoms with Crippen molar-refractivity contribution in [2.24, 2.45) is 0 Å². The van der Waals surface area contributed by atoms with Crippen LogP contribution in [0, 0.1) is 0 Å². The number of hydrogen-bond donors (Lipinski definition) is 1. The van der Waals surface area contributed by atoms with Gasteiger partial charge < -0.3 is 10.1 Å². The number of ether oxygens (including phenoxy) is 1. The summed E-state index contributed by atoms with van der Waals surface area (Å²) in [5.41, 5.74) is 2.03. The van der Waals surface area contributed by atoms with Crippen molar-refractivity contribution in [1.29, 1.82) is 0 Å². The van der Waals surface area contributed by atoms with Gasteiger partial charge in [-0.1, -0.05) is 36.4 Å². The summed E-state index contributed by atoms with van der Waals surface area (Å²) in [5, 5.41) is 3.56. The predicted octanol–water partition coefficient (Wildman–Crippen LogP) is 3.38. The maximum Gasteiger partial charge on any atom is 0.335 e. The summed E-state index contributed by atoms with van der Waals surface area (Å²) >= 11 is 0. The number of hydrogen-bond acceptors (Lipinski definition) is 3. The summed E-state index contributed by atoms with van der Waals surface area (Å²) in [6.07, 6.45) is 5.09. The lowest BCUT2D eigenvalue weighted by atomic mass is 9.92. The monoisotopic (exact) mass is 273 g/mol. The van der Waals surface area contributed by atoms with Crippen molar-refractivity contribution >= 4 is 5.97 Å². The van der Waals surface area contributed by atoms with Crippen LogP contribution in [0.2, 0.25) is 0 Å². The van der Waals surface area contributed by atoms with Crippen molar-refractivity contribution in [3.63, 3.8) is 0 Å². The molecule has 0 radical (unpaired) electrons. The van der Waals surface area contributed by atoms with Gasteiger partial charge in [-0.15, -0.1) is 0 Å². The van der Waals surface area contributed by atoms with Gasteiger partial charge in [0.1, 0.15) is 0 Å². The molecule has 0 unspecified atom stereocenters. The minimum Gasteiger partial charge on any atom is -0.463 e. The minimum atomic E-state index is -0.176. The SMILES string of the molecule is CCOC(=O)C1=CCCC[C@@H]1N[C@H](C)c1ccccc1. The van der Waals surface area contributed by atoms with E-state index in [1.807, 2.05) is 31.2 Å². The summed E-state index contributed by atoms with van der Waals surface area (Å²) in [5.74, 6) is -0.176. The second-order valence-electron chi connectivity index (χ2n) is 5.16. The van der Waals surface area contributed by atoms with Crippen LogP contribution in [0.4, 0.5) is 0 Å². The first-order valence-corrected chi connectivity index (χ1v) is 7.40. The highest BCUT2D eigenvalue weighted by Gasteiger charge is 2.25. The highest BCUT2D eigenvalue weighted by molar-refractivity contribution is 5.90. The second kappa shape index (κ2) is 7.25. The van der Waals surface area contributed by atoms with Crippen LogP contribution >= 0.6 is 0 Å². The van der Waals surface area contributed by atoms with Crippen LogP contribution < -0.4 is 5.32 Å². The van der Waals surface area contributed by atoms with E-state index in [9.17, 15) is 4.79 Å². The van der Waals surface area contributed by atoms with Gasteiger partial charge in [-0.25, -0.2) is 4.79 Å². The van der Waals surface area contributed by atoms with Crippen molar-refractivity contribution in [2.75, 3.05) is 6.61 Å². The Balaban J connectivity index is 2.05. The summed E-state index contributed by atoms with van der Waals surface area (Å²) in [6, 6.07) is 10.6. The van der Waals surface area contributed by atoms with Crippen LogP contribution in [-0.4, -0.2) is 18.6 Å². The number of benzene rings is 1. The molecule has 0 bridgehead atoms. The van der Waals surface area contributed by atoms with Crippen LogP contribution in [-0.2, 0) is 9.53 Å². The number of rotatable bonds is 5. The van der Waals surface area contributed by atoms with Gasteiger partial charge in [-0.05, 0) is 38.7 Å². The van der Waals surface area contributed by atoms with Gasteiger partial charge >= 0.3 is 5.97 Å². The molecular weight excluding hydrogens is 250 g/mol. The number of carbonyl (C=O) groups excluding carboxylic acids is 1. The zero-order chi connectivity index (χ0) is 14.4. The molecule has 1 aromatic rings. The molecule has 3 heteroatoms. The van der Waals surface area contributed by atoms with Gasteiger partial charge in [0.25, 0.3) is 0 Å². The molecule has 0 spiro atoms. The van der Waals surface area contributed by atoms with Crippen LogP contribution in [0.3, 0.4) is 0 Å². The zero-order valence-electron chi connectivity index (χ0n) is 12.3. The predicted molar refractivity (Wildman–Crippen MR) is 80.3 cm³/mol. The first-order chi connectivity index (χ1) is 9.72. The summed E-state index contributed by atoms with van der Waals surface area (Å²) in [4.78, 5) is 12.0.